The van der Waals surface area contributed by atoms with Gasteiger partial charge < -0.3 is 5.11 Å². The van der Waals surface area contributed by atoms with Gasteiger partial charge in [0.15, 0.2) is 0 Å². The fourth-order valence-corrected chi connectivity index (χ4v) is 3.22. The second-order valence-electron chi connectivity index (χ2n) is 4.62. The van der Waals surface area contributed by atoms with Crippen molar-refractivity contribution in [2.24, 2.45) is 0 Å². The number of aliphatic hydroxyl groups is 1. The van der Waals surface area contributed by atoms with Crippen LogP contribution in [-0.4, -0.2) is 34.2 Å². The molecule has 0 radical (unpaired) electrons. The van der Waals surface area contributed by atoms with Crippen molar-refractivity contribution in [1.29, 1.82) is 0 Å². The van der Waals surface area contributed by atoms with Crippen LogP contribution < -0.4 is 0 Å². The highest BCUT2D eigenvalue weighted by Gasteiger charge is 2.27. The van der Waals surface area contributed by atoms with E-state index in [1.807, 2.05) is 17.5 Å². The summed E-state index contributed by atoms with van der Waals surface area (Å²) in [6.45, 7) is 2.83. The predicted octanol–water partition coefficient (Wildman–Crippen LogP) is 1.59. The molecule has 3 nitrogen and oxygen atoms in total. The fourth-order valence-electron chi connectivity index (χ4n) is 2.09. The first kappa shape index (κ1) is 9.75. The van der Waals surface area contributed by atoms with Gasteiger partial charge in [0.05, 0.1) is 11.1 Å². The van der Waals surface area contributed by atoms with Crippen molar-refractivity contribution in [3.05, 3.63) is 16.1 Å². The molecule has 15 heavy (non-hydrogen) atoms. The Balaban J connectivity index is 1.61. The van der Waals surface area contributed by atoms with Gasteiger partial charge in [-0.2, -0.15) is 0 Å². The van der Waals surface area contributed by atoms with Crippen molar-refractivity contribution in [3.8, 4) is 0 Å². The average Bonchev–Trinajstić information content (AvgIpc) is 2.84. The first-order chi connectivity index (χ1) is 7.31. The van der Waals surface area contributed by atoms with E-state index in [0.717, 1.165) is 32.0 Å². The van der Waals surface area contributed by atoms with E-state index in [-0.39, 0.29) is 6.10 Å². The predicted molar refractivity (Wildman–Crippen MR) is 60.0 cm³/mol. The first-order valence-electron chi connectivity index (χ1n) is 5.66. The number of rotatable bonds is 3. The van der Waals surface area contributed by atoms with Crippen molar-refractivity contribution in [1.82, 2.24) is 9.88 Å². The fraction of sp³-hybridized carbons (Fsp3) is 0.727. The summed E-state index contributed by atoms with van der Waals surface area (Å²) in [4.78, 5) is 8.14. The van der Waals surface area contributed by atoms with Crippen LogP contribution in [-0.2, 0) is 6.54 Å². The van der Waals surface area contributed by atoms with Gasteiger partial charge in [0.1, 0.15) is 0 Å². The summed E-state index contributed by atoms with van der Waals surface area (Å²) in [7, 11) is 0. The third-order valence-electron chi connectivity index (χ3n) is 3.12. The summed E-state index contributed by atoms with van der Waals surface area (Å²) >= 11 is 1.86. The van der Waals surface area contributed by atoms with Crippen molar-refractivity contribution >= 4 is 11.3 Å². The zero-order chi connectivity index (χ0) is 10.3. The molecule has 2 aliphatic rings. The van der Waals surface area contributed by atoms with Gasteiger partial charge in [-0.05, 0) is 19.3 Å². The SMILES string of the molecule is O[C@H]1CCN(Cc2cnc(C3CC3)s2)C1. The first-order valence-corrected chi connectivity index (χ1v) is 6.48. The Morgan fingerprint density at radius 1 is 1.47 bits per heavy atom. The lowest BCUT2D eigenvalue weighted by atomic mass is 10.3. The van der Waals surface area contributed by atoms with Crippen molar-refractivity contribution < 1.29 is 5.11 Å². The molecule has 1 saturated heterocycles. The maximum Gasteiger partial charge on any atom is 0.0959 e. The van der Waals surface area contributed by atoms with Crippen LogP contribution in [0.3, 0.4) is 0 Å². The standard InChI is InChI=1S/C11H16N2OS/c14-9-3-4-13(6-9)7-10-5-12-11(15-10)8-1-2-8/h5,8-9,14H,1-4,6-7H2/t9-/m0/s1. The Kier molecular flexibility index (Phi) is 2.50. The van der Waals surface area contributed by atoms with Crippen molar-refractivity contribution in [2.45, 2.75) is 37.8 Å². The summed E-state index contributed by atoms with van der Waals surface area (Å²) in [6.07, 6.45) is 5.49. The van der Waals surface area contributed by atoms with E-state index < -0.39 is 0 Å². The minimum absolute atomic E-state index is 0.110. The van der Waals surface area contributed by atoms with Crippen LogP contribution in [0.2, 0.25) is 0 Å². The summed E-state index contributed by atoms with van der Waals surface area (Å²) in [6, 6.07) is 0. The van der Waals surface area contributed by atoms with E-state index in [9.17, 15) is 5.11 Å². The van der Waals surface area contributed by atoms with Crippen LogP contribution in [0.4, 0.5) is 0 Å². The number of aliphatic hydroxyl groups excluding tert-OH is 1. The second-order valence-corrected chi connectivity index (χ2v) is 5.76. The van der Waals surface area contributed by atoms with E-state index in [0.29, 0.717) is 0 Å². The minimum atomic E-state index is -0.110. The van der Waals surface area contributed by atoms with E-state index in [1.54, 1.807) is 0 Å². The van der Waals surface area contributed by atoms with Gasteiger partial charge in [-0.25, -0.2) is 4.98 Å². The molecule has 0 amide bonds. The van der Waals surface area contributed by atoms with Crippen LogP contribution >= 0.6 is 11.3 Å². The molecule has 1 aromatic rings. The van der Waals surface area contributed by atoms with E-state index in [1.165, 1.54) is 22.7 Å². The molecular formula is C11H16N2OS. The number of hydrogen-bond donors (Lipinski definition) is 1. The Bertz CT molecular complexity index is 348. The number of likely N-dealkylation sites (tertiary alicyclic amines) is 1. The Labute approximate surface area is 93.8 Å². The van der Waals surface area contributed by atoms with Gasteiger partial charge in [0, 0.05) is 36.6 Å². The molecule has 2 heterocycles. The van der Waals surface area contributed by atoms with Gasteiger partial charge in [-0.3, -0.25) is 4.90 Å². The van der Waals surface area contributed by atoms with Gasteiger partial charge in [0.25, 0.3) is 0 Å². The smallest absolute Gasteiger partial charge is 0.0959 e. The van der Waals surface area contributed by atoms with Crippen LogP contribution in [0, 0.1) is 0 Å². The minimum Gasteiger partial charge on any atom is -0.392 e. The maximum atomic E-state index is 9.43. The van der Waals surface area contributed by atoms with Crippen LogP contribution in [0.5, 0.6) is 0 Å². The quantitative estimate of drug-likeness (QED) is 0.847. The van der Waals surface area contributed by atoms with E-state index >= 15 is 0 Å². The topological polar surface area (TPSA) is 36.4 Å². The molecule has 1 aliphatic carbocycles. The summed E-state index contributed by atoms with van der Waals surface area (Å²) in [5, 5.41) is 10.8. The molecule has 0 aromatic carbocycles. The molecule has 1 saturated carbocycles. The molecule has 0 bridgehead atoms. The highest BCUT2D eigenvalue weighted by atomic mass is 32.1. The van der Waals surface area contributed by atoms with Crippen LogP contribution in [0.1, 0.15) is 35.1 Å². The summed E-state index contributed by atoms with van der Waals surface area (Å²) < 4.78 is 0. The van der Waals surface area contributed by atoms with Gasteiger partial charge in [-0.1, -0.05) is 0 Å². The summed E-state index contributed by atoms with van der Waals surface area (Å²) in [5.74, 6) is 0.771. The lowest BCUT2D eigenvalue weighted by Crippen LogP contribution is -2.20. The second kappa shape index (κ2) is 3.85. The third kappa shape index (κ3) is 2.22. The molecule has 3 rings (SSSR count). The van der Waals surface area contributed by atoms with Gasteiger partial charge in [0.2, 0.25) is 0 Å². The number of aromatic nitrogens is 1. The number of thiazole rings is 1. The molecule has 1 atom stereocenters. The highest BCUT2D eigenvalue weighted by Crippen LogP contribution is 2.41. The Hall–Kier alpha value is -0.450. The van der Waals surface area contributed by atoms with E-state index in [4.69, 9.17) is 0 Å². The molecule has 1 N–H and O–H groups in total. The van der Waals surface area contributed by atoms with Crippen molar-refractivity contribution in [2.75, 3.05) is 13.1 Å². The maximum absolute atomic E-state index is 9.43. The molecule has 82 valence electrons. The molecule has 4 heteroatoms. The lowest BCUT2D eigenvalue weighted by molar-refractivity contribution is 0.175. The molecule has 1 aromatic heterocycles. The van der Waals surface area contributed by atoms with Crippen LogP contribution in [0.15, 0.2) is 6.20 Å². The van der Waals surface area contributed by atoms with Gasteiger partial charge in [-0.15, -0.1) is 11.3 Å². The van der Waals surface area contributed by atoms with E-state index in [2.05, 4.69) is 9.88 Å². The largest absolute Gasteiger partial charge is 0.392 e. The summed E-state index contributed by atoms with van der Waals surface area (Å²) in [5.41, 5.74) is 0. The molecule has 2 fully saturated rings. The lowest BCUT2D eigenvalue weighted by Gasteiger charge is -2.12. The number of β-amino-alcohol motifs (C(OH)–C–C–N with tert-alkyl or cyclic N) is 1. The zero-order valence-corrected chi connectivity index (χ0v) is 9.54. The highest BCUT2D eigenvalue weighted by molar-refractivity contribution is 7.11. The number of hydrogen-bond acceptors (Lipinski definition) is 4. The normalized spacial score (nSPS) is 27.4. The Morgan fingerprint density at radius 2 is 2.33 bits per heavy atom. The third-order valence-corrected chi connectivity index (χ3v) is 4.27. The van der Waals surface area contributed by atoms with Crippen LogP contribution in [0.25, 0.3) is 0 Å². The number of nitrogens with zero attached hydrogens (tertiary/aromatic N) is 2. The zero-order valence-electron chi connectivity index (χ0n) is 8.72. The van der Waals surface area contributed by atoms with Gasteiger partial charge >= 0.3 is 0 Å². The molecular weight excluding hydrogens is 208 g/mol. The molecule has 0 unspecified atom stereocenters. The Morgan fingerprint density at radius 3 is 3.00 bits per heavy atom. The monoisotopic (exact) mass is 224 g/mol. The molecule has 1 aliphatic heterocycles. The average molecular weight is 224 g/mol. The van der Waals surface area contributed by atoms with Crippen molar-refractivity contribution in [3.63, 3.8) is 0 Å². The molecule has 0 spiro atoms.